The molecule has 1 aromatic heterocycles. The third kappa shape index (κ3) is 3.03. The minimum Gasteiger partial charge on any atom is -0.476 e. The number of fused-ring (bicyclic) bond motifs is 1. The summed E-state index contributed by atoms with van der Waals surface area (Å²) in [6.45, 7) is 4.50. The molecule has 0 aliphatic heterocycles. The molecule has 106 valence electrons. The maximum atomic E-state index is 11.3. The molecule has 0 saturated heterocycles. The number of nitrogens with one attached hydrogen (secondary N) is 1. The lowest BCUT2D eigenvalue weighted by molar-refractivity contribution is 0.0690. The molecule has 0 radical (unpaired) electrons. The van der Waals surface area contributed by atoms with E-state index in [0.717, 1.165) is 18.5 Å². The van der Waals surface area contributed by atoms with E-state index in [1.54, 1.807) is 0 Å². The maximum absolute atomic E-state index is 11.3. The highest BCUT2D eigenvalue weighted by Gasteiger charge is 2.16. The highest BCUT2D eigenvalue weighted by Crippen LogP contribution is 2.23. The van der Waals surface area contributed by atoms with Gasteiger partial charge in [0.25, 0.3) is 0 Å². The van der Waals surface area contributed by atoms with Gasteiger partial charge in [-0.1, -0.05) is 25.1 Å². The molecule has 0 unspecified atom stereocenters. The second-order valence-electron chi connectivity index (χ2n) is 4.57. The van der Waals surface area contributed by atoms with Crippen molar-refractivity contribution in [1.29, 1.82) is 0 Å². The van der Waals surface area contributed by atoms with Crippen LogP contribution in [0.2, 0.25) is 0 Å². The third-order valence-electron chi connectivity index (χ3n) is 3.21. The van der Waals surface area contributed by atoms with Crippen molar-refractivity contribution in [2.75, 3.05) is 32.0 Å². The van der Waals surface area contributed by atoms with E-state index in [1.807, 2.05) is 31.3 Å². The van der Waals surface area contributed by atoms with Gasteiger partial charge in [0.05, 0.1) is 11.2 Å². The standard InChI is InChI=1S/C14H18N4O2/c1-3-18(2)9-8-15-12-10-6-4-5-7-11(10)16-17-13(12)14(19)20/h4-7H,3,8-9H2,1-2H3,(H,15,16)(H,19,20). The van der Waals surface area contributed by atoms with Crippen LogP contribution < -0.4 is 5.32 Å². The number of anilines is 1. The zero-order valence-corrected chi connectivity index (χ0v) is 11.6. The number of hydrogen-bond donors (Lipinski definition) is 2. The van der Waals surface area contributed by atoms with Gasteiger partial charge in [0.2, 0.25) is 0 Å². The molecule has 0 fully saturated rings. The van der Waals surface area contributed by atoms with Crippen LogP contribution >= 0.6 is 0 Å². The quantitative estimate of drug-likeness (QED) is 0.834. The Labute approximate surface area is 117 Å². The first-order valence-corrected chi connectivity index (χ1v) is 6.54. The summed E-state index contributed by atoms with van der Waals surface area (Å²) in [5.74, 6) is -1.07. The van der Waals surface area contributed by atoms with Crippen LogP contribution in [-0.2, 0) is 0 Å². The van der Waals surface area contributed by atoms with Gasteiger partial charge in [-0.2, -0.15) is 0 Å². The largest absolute Gasteiger partial charge is 0.476 e. The van der Waals surface area contributed by atoms with Crippen molar-refractivity contribution in [3.8, 4) is 0 Å². The molecular formula is C14H18N4O2. The number of carboxylic acid groups (broad SMARTS) is 1. The molecule has 6 heteroatoms. The van der Waals surface area contributed by atoms with Gasteiger partial charge in [0.1, 0.15) is 0 Å². The van der Waals surface area contributed by atoms with Gasteiger partial charge in [-0.05, 0) is 19.7 Å². The highest BCUT2D eigenvalue weighted by molar-refractivity contribution is 6.02. The van der Waals surface area contributed by atoms with Crippen molar-refractivity contribution < 1.29 is 9.90 Å². The van der Waals surface area contributed by atoms with Crippen LogP contribution in [0.5, 0.6) is 0 Å². The van der Waals surface area contributed by atoms with Gasteiger partial charge < -0.3 is 15.3 Å². The van der Waals surface area contributed by atoms with Crippen molar-refractivity contribution in [3.05, 3.63) is 30.0 Å². The smallest absolute Gasteiger partial charge is 0.358 e. The van der Waals surface area contributed by atoms with Crippen LogP contribution in [0.4, 0.5) is 5.69 Å². The second-order valence-corrected chi connectivity index (χ2v) is 4.57. The summed E-state index contributed by atoms with van der Waals surface area (Å²) >= 11 is 0. The molecule has 20 heavy (non-hydrogen) atoms. The molecule has 0 bridgehead atoms. The molecule has 6 nitrogen and oxygen atoms in total. The zero-order valence-electron chi connectivity index (χ0n) is 11.6. The summed E-state index contributed by atoms with van der Waals surface area (Å²) in [6.07, 6.45) is 0. The Kier molecular flexibility index (Phi) is 4.47. The Morgan fingerprint density at radius 3 is 2.80 bits per heavy atom. The van der Waals surface area contributed by atoms with E-state index in [0.29, 0.717) is 17.7 Å². The first kappa shape index (κ1) is 14.2. The van der Waals surface area contributed by atoms with Gasteiger partial charge in [0.15, 0.2) is 5.69 Å². The summed E-state index contributed by atoms with van der Waals surface area (Å²) in [4.78, 5) is 13.4. The number of hydrogen-bond acceptors (Lipinski definition) is 5. The fraction of sp³-hybridized carbons (Fsp3) is 0.357. The summed E-state index contributed by atoms with van der Waals surface area (Å²) in [7, 11) is 2.02. The summed E-state index contributed by atoms with van der Waals surface area (Å²) in [5, 5.41) is 20.9. The highest BCUT2D eigenvalue weighted by atomic mass is 16.4. The van der Waals surface area contributed by atoms with Crippen LogP contribution in [0.3, 0.4) is 0 Å². The molecular weight excluding hydrogens is 256 g/mol. The van der Waals surface area contributed by atoms with Crippen molar-refractivity contribution in [2.45, 2.75) is 6.92 Å². The monoisotopic (exact) mass is 274 g/mol. The number of aromatic carboxylic acids is 1. The molecule has 0 aliphatic rings. The molecule has 0 atom stereocenters. The summed E-state index contributed by atoms with van der Waals surface area (Å²) in [5.41, 5.74) is 1.18. The van der Waals surface area contributed by atoms with Crippen LogP contribution in [0.25, 0.3) is 10.9 Å². The average Bonchev–Trinajstić information content (AvgIpc) is 2.46. The maximum Gasteiger partial charge on any atom is 0.358 e. The lowest BCUT2D eigenvalue weighted by atomic mass is 10.1. The van der Waals surface area contributed by atoms with E-state index in [-0.39, 0.29) is 5.69 Å². The Morgan fingerprint density at radius 2 is 2.10 bits per heavy atom. The number of rotatable bonds is 6. The molecule has 0 aliphatic carbocycles. The van der Waals surface area contributed by atoms with Crippen molar-refractivity contribution in [1.82, 2.24) is 15.1 Å². The van der Waals surface area contributed by atoms with Crippen molar-refractivity contribution >= 4 is 22.6 Å². The van der Waals surface area contributed by atoms with Gasteiger partial charge >= 0.3 is 5.97 Å². The van der Waals surface area contributed by atoms with Crippen LogP contribution in [0, 0.1) is 0 Å². The van der Waals surface area contributed by atoms with Gasteiger partial charge in [0, 0.05) is 18.5 Å². The number of likely N-dealkylation sites (N-methyl/N-ethyl adjacent to an activating group) is 1. The fourth-order valence-electron chi connectivity index (χ4n) is 1.91. The van der Waals surface area contributed by atoms with E-state index in [9.17, 15) is 9.90 Å². The molecule has 2 aromatic rings. The molecule has 1 heterocycles. The molecule has 0 spiro atoms. The number of benzene rings is 1. The Bertz CT molecular complexity index is 615. The molecule has 2 rings (SSSR count). The van der Waals surface area contributed by atoms with E-state index < -0.39 is 5.97 Å². The first-order valence-electron chi connectivity index (χ1n) is 6.54. The first-order chi connectivity index (χ1) is 9.63. The van der Waals surface area contributed by atoms with E-state index in [2.05, 4.69) is 27.3 Å². The van der Waals surface area contributed by atoms with Gasteiger partial charge in [-0.3, -0.25) is 0 Å². The van der Waals surface area contributed by atoms with Gasteiger partial charge in [-0.15, -0.1) is 10.2 Å². The Hall–Kier alpha value is -2.21. The molecule has 1 aromatic carbocycles. The normalized spacial score (nSPS) is 10.9. The van der Waals surface area contributed by atoms with Crippen molar-refractivity contribution in [2.24, 2.45) is 0 Å². The SMILES string of the molecule is CCN(C)CCNc1c(C(=O)O)nnc2ccccc12. The van der Waals surface area contributed by atoms with Crippen molar-refractivity contribution in [3.63, 3.8) is 0 Å². The number of carbonyl (C=O) groups is 1. The summed E-state index contributed by atoms with van der Waals surface area (Å²) < 4.78 is 0. The van der Waals surface area contributed by atoms with E-state index in [4.69, 9.17) is 0 Å². The predicted octanol–water partition coefficient (Wildman–Crippen LogP) is 1.69. The van der Waals surface area contributed by atoms with Gasteiger partial charge in [-0.25, -0.2) is 4.79 Å². The molecule has 0 amide bonds. The lowest BCUT2D eigenvalue weighted by Crippen LogP contribution is -2.25. The van der Waals surface area contributed by atoms with E-state index in [1.165, 1.54) is 0 Å². The Balaban J connectivity index is 2.32. The van der Waals surface area contributed by atoms with Crippen LogP contribution in [-0.4, -0.2) is 52.9 Å². The minimum absolute atomic E-state index is 0.0390. The molecule has 2 N–H and O–H groups in total. The number of aromatic nitrogens is 2. The number of nitrogens with zero attached hydrogens (tertiary/aromatic N) is 3. The minimum atomic E-state index is -1.07. The van der Waals surface area contributed by atoms with Crippen LogP contribution in [0.15, 0.2) is 24.3 Å². The fourth-order valence-corrected chi connectivity index (χ4v) is 1.91. The molecule has 0 saturated carbocycles. The average molecular weight is 274 g/mol. The predicted molar refractivity (Wildman–Crippen MR) is 78.2 cm³/mol. The zero-order chi connectivity index (χ0) is 14.5. The topological polar surface area (TPSA) is 78.4 Å². The van der Waals surface area contributed by atoms with E-state index >= 15 is 0 Å². The third-order valence-corrected chi connectivity index (χ3v) is 3.21. The second kappa shape index (κ2) is 6.29. The number of carboxylic acids is 1. The lowest BCUT2D eigenvalue weighted by Gasteiger charge is -2.16. The summed E-state index contributed by atoms with van der Waals surface area (Å²) in [6, 6.07) is 7.38. The van der Waals surface area contributed by atoms with Crippen LogP contribution in [0.1, 0.15) is 17.4 Å². The Morgan fingerprint density at radius 1 is 1.35 bits per heavy atom.